The Balaban J connectivity index is 3.21. The van der Waals surface area contributed by atoms with Crippen molar-refractivity contribution >= 4 is 21.9 Å². The molecule has 0 radical (unpaired) electrons. The lowest BCUT2D eigenvalue weighted by atomic mass is 9.99. The number of carboxylic acids is 1. The second-order valence-electron chi connectivity index (χ2n) is 3.00. The molecule has 1 heterocycles. The van der Waals surface area contributed by atoms with E-state index in [0.29, 0.717) is 6.42 Å². The standard InChI is InChI=1S/C10H11BrFNO2/c1-2-3-6(10(14)15)8-5-4-7(12)9(11)13-8/h4-6H,2-3H2,1H3,(H,14,15)/i6D. The maximum absolute atomic E-state index is 13.0. The summed E-state index contributed by atoms with van der Waals surface area (Å²) in [5.41, 5.74) is 0.0372. The number of aliphatic carboxylic acids is 1. The Labute approximate surface area is 96.9 Å². The SMILES string of the molecule is [2H]C(CCC)(C(=O)O)c1ccc(F)c(Br)n1. The molecule has 1 N–H and O–H groups in total. The molecule has 0 aromatic carbocycles. The molecule has 0 spiro atoms. The molecule has 15 heavy (non-hydrogen) atoms. The number of halogens is 2. The van der Waals surface area contributed by atoms with Crippen molar-refractivity contribution < 1.29 is 15.7 Å². The number of hydrogen-bond donors (Lipinski definition) is 1. The second-order valence-corrected chi connectivity index (χ2v) is 3.75. The molecule has 1 aromatic heterocycles. The van der Waals surface area contributed by atoms with Crippen LogP contribution < -0.4 is 0 Å². The van der Waals surface area contributed by atoms with E-state index >= 15 is 0 Å². The van der Waals surface area contributed by atoms with Crippen LogP contribution in [0.2, 0.25) is 0 Å². The van der Waals surface area contributed by atoms with Crippen LogP contribution in [-0.4, -0.2) is 16.1 Å². The monoisotopic (exact) mass is 276 g/mol. The molecule has 0 fully saturated rings. The van der Waals surface area contributed by atoms with Crippen molar-refractivity contribution in [3.63, 3.8) is 0 Å². The molecule has 82 valence electrons. The zero-order chi connectivity index (χ0) is 12.3. The smallest absolute Gasteiger partial charge is 0.312 e. The maximum Gasteiger partial charge on any atom is 0.312 e. The normalized spacial score (nSPS) is 15.5. The van der Waals surface area contributed by atoms with Crippen molar-refractivity contribution in [2.45, 2.75) is 25.7 Å². The molecule has 0 saturated carbocycles. The summed E-state index contributed by atoms with van der Waals surface area (Å²) in [6, 6.07) is 2.34. The van der Waals surface area contributed by atoms with Gasteiger partial charge < -0.3 is 5.11 Å². The summed E-state index contributed by atoms with van der Waals surface area (Å²) in [5, 5.41) is 9.04. The Morgan fingerprint density at radius 1 is 1.80 bits per heavy atom. The van der Waals surface area contributed by atoms with Gasteiger partial charge >= 0.3 is 5.97 Å². The van der Waals surface area contributed by atoms with E-state index in [-0.39, 0.29) is 16.7 Å². The summed E-state index contributed by atoms with van der Waals surface area (Å²) in [6.07, 6.45) is 0.667. The molecule has 1 unspecified atom stereocenters. The van der Waals surface area contributed by atoms with Crippen molar-refractivity contribution in [1.82, 2.24) is 4.98 Å². The lowest BCUT2D eigenvalue weighted by Gasteiger charge is -2.10. The van der Waals surface area contributed by atoms with Gasteiger partial charge in [-0.2, -0.15) is 0 Å². The van der Waals surface area contributed by atoms with E-state index in [1.165, 1.54) is 6.07 Å². The van der Waals surface area contributed by atoms with Crippen molar-refractivity contribution in [1.29, 1.82) is 0 Å². The quantitative estimate of drug-likeness (QED) is 0.861. The summed E-state index contributed by atoms with van der Waals surface area (Å²) >= 11 is 2.88. The fourth-order valence-corrected chi connectivity index (χ4v) is 1.50. The largest absolute Gasteiger partial charge is 0.481 e. The zero-order valence-corrected chi connectivity index (χ0v) is 9.71. The fraction of sp³-hybridized carbons (Fsp3) is 0.400. The molecule has 0 aliphatic heterocycles. The highest BCUT2D eigenvalue weighted by Crippen LogP contribution is 2.22. The molecule has 1 aromatic rings. The van der Waals surface area contributed by atoms with Crippen LogP contribution >= 0.6 is 15.9 Å². The van der Waals surface area contributed by atoms with Crippen LogP contribution in [0.5, 0.6) is 0 Å². The zero-order valence-electron chi connectivity index (χ0n) is 9.13. The molecule has 5 heteroatoms. The molecule has 1 atom stereocenters. The van der Waals surface area contributed by atoms with Crippen LogP contribution in [-0.2, 0) is 4.79 Å². The first-order chi connectivity index (χ1) is 7.41. The molecule has 0 aliphatic rings. The van der Waals surface area contributed by atoms with Crippen molar-refractivity contribution in [3.05, 3.63) is 28.2 Å². The predicted octanol–water partition coefficient (Wildman–Crippen LogP) is 2.95. The number of rotatable bonds is 4. The van der Waals surface area contributed by atoms with Crippen LogP contribution in [0.15, 0.2) is 16.7 Å². The lowest BCUT2D eigenvalue weighted by molar-refractivity contribution is -0.139. The summed E-state index contributed by atoms with van der Waals surface area (Å²) in [6.45, 7) is 1.78. The first-order valence-corrected chi connectivity index (χ1v) is 5.27. The average molecular weight is 277 g/mol. The third-order valence-electron chi connectivity index (χ3n) is 1.87. The van der Waals surface area contributed by atoms with Gasteiger partial charge in [-0.3, -0.25) is 4.79 Å². The molecule has 0 bridgehead atoms. The highest BCUT2D eigenvalue weighted by atomic mass is 79.9. The molecule has 3 nitrogen and oxygen atoms in total. The van der Waals surface area contributed by atoms with Gasteiger partial charge in [0, 0.05) is 1.37 Å². The van der Waals surface area contributed by atoms with Gasteiger partial charge in [0.15, 0.2) is 5.82 Å². The Kier molecular flexibility index (Phi) is 3.66. The van der Waals surface area contributed by atoms with E-state index in [0.717, 1.165) is 6.07 Å². The lowest BCUT2D eigenvalue weighted by Crippen LogP contribution is -2.13. The van der Waals surface area contributed by atoms with Crippen LogP contribution in [0, 0.1) is 5.82 Å². The van der Waals surface area contributed by atoms with Gasteiger partial charge in [-0.25, -0.2) is 9.37 Å². The Hall–Kier alpha value is -0.970. The maximum atomic E-state index is 13.0. The van der Waals surface area contributed by atoms with E-state index in [4.69, 9.17) is 6.48 Å². The molecular weight excluding hydrogens is 265 g/mol. The van der Waals surface area contributed by atoms with E-state index in [1.807, 2.05) is 0 Å². The van der Waals surface area contributed by atoms with Crippen LogP contribution in [0.3, 0.4) is 0 Å². The number of aromatic nitrogens is 1. The third kappa shape index (κ3) is 2.99. The van der Waals surface area contributed by atoms with Gasteiger partial charge in [0.25, 0.3) is 0 Å². The van der Waals surface area contributed by atoms with E-state index in [1.54, 1.807) is 6.92 Å². The highest BCUT2D eigenvalue weighted by Gasteiger charge is 2.20. The minimum atomic E-state index is -1.81. The molecule has 0 saturated heterocycles. The Morgan fingerprint density at radius 2 is 2.47 bits per heavy atom. The summed E-state index contributed by atoms with van der Waals surface area (Å²) in [5.74, 6) is -3.67. The summed E-state index contributed by atoms with van der Waals surface area (Å²) in [7, 11) is 0. The van der Waals surface area contributed by atoms with Crippen LogP contribution in [0.25, 0.3) is 0 Å². The fourth-order valence-electron chi connectivity index (χ4n) is 1.18. The van der Waals surface area contributed by atoms with E-state index in [9.17, 15) is 9.18 Å². The van der Waals surface area contributed by atoms with Crippen LogP contribution in [0.1, 0.15) is 32.7 Å². The number of nitrogens with zero attached hydrogens (tertiary/aromatic N) is 1. The van der Waals surface area contributed by atoms with Gasteiger partial charge in [0.1, 0.15) is 4.60 Å². The average Bonchev–Trinajstić information content (AvgIpc) is 2.22. The molecular formula is C10H11BrFNO2. The first kappa shape index (κ1) is 10.5. The van der Waals surface area contributed by atoms with Gasteiger partial charge in [0.2, 0.25) is 0 Å². The molecule has 1 rings (SSSR count). The number of carbonyl (C=O) groups is 1. The predicted molar refractivity (Wildman–Crippen MR) is 57.2 cm³/mol. The van der Waals surface area contributed by atoms with Gasteiger partial charge in [-0.1, -0.05) is 13.3 Å². The minimum Gasteiger partial charge on any atom is -0.481 e. The van der Waals surface area contributed by atoms with E-state index < -0.39 is 17.7 Å². The Morgan fingerprint density at radius 3 is 2.93 bits per heavy atom. The highest BCUT2D eigenvalue weighted by molar-refractivity contribution is 9.10. The molecule has 0 amide bonds. The van der Waals surface area contributed by atoms with Crippen LogP contribution in [0.4, 0.5) is 4.39 Å². The van der Waals surface area contributed by atoms with Crippen molar-refractivity contribution in [2.75, 3.05) is 0 Å². The summed E-state index contributed by atoms with van der Waals surface area (Å²) in [4.78, 5) is 14.8. The van der Waals surface area contributed by atoms with E-state index in [2.05, 4.69) is 20.9 Å². The Bertz CT molecular complexity index is 416. The minimum absolute atomic E-state index is 0.0372. The van der Waals surface area contributed by atoms with Gasteiger partial charge in [-0.15, -0.1) is 0 Å². The third-order valence-corrected chi connectivity index (χ3v) is 2.43. The molecule has 0 aliphatic carbocycles. The number of hydrogen-bond acceptors (Lipinski definition) is 2. The number of pyridine rings is 1. The van der Waals surface area contributed by atoms with Gasteiger partial charge in [-0.05, 0) is 34.5 Å². The van der Waals surface area contributed by atoms with Gasteiger partial charge in [0.05, 0.1) is 11.6 Å². The topological polar surface area (TPSA) is 50.2 Å². The van der Waals surface area contributed by atoms with Crippen molar-refractivity contribution in [2.24, 2.45) is 0 Å². The number of carboxylic acid groups (broad SMARTS) is 1. The second kappa shape index (κ2) is 5.21. The van der Waals surface area contributed by atoms with Crippen molar-refractivity contribution in [3.8, 4) is 0 Å². The first-order valence-electron chi connectivity index (χ1n) is 4.97. The summed E-state index contributed by atoms with van der Waals surface area (Å²) < 4.78 is 20.8.